The van der Waals surface area contributed by atoms with E-state index in [1.807, 2.05) is 6.92 Å². The molecular weight excluding hydrogens is 244 g/mol. The number of rotatable bonds is 4. The Balaban J connectivity index is 2.13. The lowest BCUT2D eigenvalue weighted by Gasteiger charge is -1.99. The molecule has 8 heteroatoms. The molecule has 0 saturated heterocycles. The number of nitrogens with two attached hydrogens (primary N) is 1. The van der Waals surface area contributed by atoms with Gasteiger partial charge in [-0.3, -0.25) is 5.43 Å². The predicted molar refractivity (Wildman–Crippen MR) is 63.3 cm³/mol. The van der Waals surface area contributed by atoms with Crippen LogP contribution in [0.1, 0.15) is 12.7 Å². The zero-order chi connectivity index (χ0) is 11.4. The molecule has 0 amide bonds. The maximum Gasteiger partial charge on any atom is 0.238 e. The Morgan fingerprint density at radius 1 is 1.50 bits per heavy atom. The van der Waals surface area contributed by atoms with Crippen LogP contribution in [0.25, 0.3) is 0 Å². The van der Waals surface area contributed by atoms with Crippen LogP contribution < -0.4 is 11.3 Å². The number of anilines is 1. The third kappa shape index (κ3) is 2.65. The summed E-state index contributed by atoms with van der Waals surface area (Å²) in [6.45, 7) is 2.03. The lowest BCUT2D eigenvalue weighted by Crippen LogP contribution is -2.10. The Labute approximate surface area is 101 Å². The molecule has 2 aromatic heterocycles. The van der Waals surface area contributed by atoms with Gasteiger partial charge in [-0.15, -0.1) is 0 Å². The van der Waals surface area contributed by atoms with Crippen molar-refractivity contribution in [1.29, 1.82) is 0 Å². The van der Waals surface area contributed by atoms with Gasteiger partial charge >= 0.3 is 0 Å². The molecule has 0 radical (unpaired) electrons. The smallest absolute Gasteiger partial charge is 0.238 e. The van der Waals surface area contributed by atoms with Crippen molar-refractivity contribution in [3.05, 3.63) is 18.1 Å². The van der Waals surface area contributed by atoms with Gasteiger partial charge in [0.05, 0.1) is 0 Å². The summed E-state index contributed by atoms with van der Waals surface area (Å²) in [5.41, 5.74) is 2.40. The average Bonchev–Trinajstić information content (AvgIpc) is 2.77. The zero-order valence-corrected chi connectivity index (χ0v) is 10.2. The fourth-order valence-electron chi connectivity index (χ4n) is 0.981. The van der Waals surface area contributed by atoms with E-state index in [-0.39, 0.29) is 0 Å². The van der Waals surface area contributed by atoms with E-state index in [4.69, 9.17) is 5.84 Å². The quantitative estimate of drug-likeness (QED) is 0.483. The number of nitrogens with zero attached hydrogens (tertiary/aromatic N) is 4. The van der Waals surface area contributed by atoms with Crippen molar-refractivity contribution >= 4 is 29.2 Å². The van der Waals surface area contributed by atoms with Crippen LogP contribution in [0.15, 0.2) is 21.6 Å². The second-order valence-corrected chi connectivity index (χ2v) is 4.81. The largest absolute Gasteiger partial charge is 0.292 e. The van der Waals surface area contributed by atoms with E-state index in [2.05, 4.69) is 24.8 Å². The van der Waals surface area contributed by atoms with E-state index in [1.54, 1.807) is 12.3 Å². The normalized spacial score (nSPS) is 10.4. The van der Waals surface area contributed by atoms with Crippen molar-refractivity contribution in [2.24, 2.45) is 5.84 Å². The molecule has 0 aromatic carbocycles. The van der Waals surface area contributed by atoms with E-state index in [0.29, 0.717) is 5.95 Å². The second-order valence-electron chi connectivity index (χ2n) is 2.79. The molecular formula is C8H10N6S2. The highest BCUT2D eigenvalue weighted by Crippen LogP contribution is 2.27. The second kappa shape index (κ2) is 5.19. The summed E-state index contributed by atoms with van der Waals surface area (Å²) in [5.74, 6) is 6.48. The van der Waals surface area contributed by atoms with Gasteiger partial charge in [0.25, 0.3) is 0 Å². The molecule has 0 aliphatic carbocycles. The molecule has 0 atom stereocenters. The third-order valence-electron chi connectivity index (χ3n) is 1.72. The van der Waals surface area contributed by atoms with Crippen LogP contribution in [0.5, 0.6) is 0 Å². The van der Waals surface area contributed by atoms with Crippen molar-refractivity contribution in [3.63, 3.8) is 0 Å². The maximum atomic E-state index is 5.23. The van der Waals surface area contributed by atoms with Gasteiger partial charge in [0, 0.05) is 12.6 Å². The van der Waals surface area contributed by atoms with E-state index in [1.165, 1.54) is 23.3 Å². The van der Waals surface area contributed by atoms with Crippen LogP contribution in [0, 0.1) is 0 Å². The van der Waals surface area contributed by atoms with E-state index >= 15 is 0 Å². The van der Waals surface area contributed by atoms with Gasteiger partial charge in [-0.2, -0.15) is 4.37 Å². The lowest BCUT2D eigenvalue weighted by atomic mass is 10.5. The molecule has 3 N–H and O–H groups in total. The molecule has 0 aliphatic heterocycles. The molecule has 0 bridgehead atoms. The SMILES string of the molecule is CCc1nsc(Sc2ccnc(NN)n2)n1. The highest BCUT2D eigenvalue weighted by molar-refractivity contribution is 8.00. The molecule has 2 heterocycles. The third-order valence-corrected chi connectivity index (χ3v) is 3.44. The van der Waals surface area contributed by atoms with Crippen LogP contribution in [0.4, 0.5) is 5.95 Å². The topological polar surface area (TPSA) is 89.6 Å². The molecule has 2 aromatic rings. The number of hydrogen-bond acceptors (Lipinski definition) is 8. The number of aryl methyl sites for hydroxylation is 1. The molecule has 84 valence electrons. The fourth-order valence-corrected chi connectivity index (χ4v) is 2.59. The van der Waals surface area contributed by atoms with Crippen LogP contribution in [-0.4, -0.2) is 19.3 Å². The lowest BCUT2D eigenvalue weighted by molar-refractivity contribution is 0.968. The van der Waals surface area contributed by atoms with Crippen LogP contribution in [0.2, 0.25) is 0 Å². The van der Waals surface area contributed by atoms with Gasteiger partial charge in [-0.05, 0) is 29.4 Å². The summed E-state index contributed by atoms with van der Waals surface area (Å²) in [5, 5.41) is 0.793. The van der Waals surface area contributed by atoms with Gasteiger partial charge in [0.15, 0.2) is 4.34 Å². The minimum atomic E-state index is 0.394. The summed E-state index contributed by atoms with van der Waals surface area (Å²) >= 11 is 2.82. The Bertz CT molecular complexity index is 471. The fraction of sp³-hybridized carbons (Fsp3) is 0.250. The number of nitrogen functional groups attached to an aromatic ring is 1. The zero-order valence-electron chi connectivity index (χ0n) is 8.54. The van der Waals surface area contributed by atoms with Crippen LogP contribution >= 0.6 is 23.3 Å². The van der Waals surface area contributed by atoms with Gasteiger partial charge < -0.3 is 0 Å². The van der Waals surface area contributed by atoms with Gasteiger partial charge in [-0.1, -0.05) is 6.92 Å². The predicted octanol–water partition coefficient (Wildman–Crippen LogP) is 1.33. The first-order chi connectivity index (χ1) is 7.81. The first kappa shape index (κ1) is 11.2. The standard InChI is InChI=1S/C8H10N6S2/c1-2-5-11-8(16-14-5)15-6-3-4-10-7(12-6)13-9/h3-4H,2,9H2,1H3,(H,10,12,13). The first-order valence-electron chi connectivity index (χ1n) is 4.62. The van der Waals surface area contributed by atoms with E-state index in [9.17, 15) is 0 Å². The van der Waals surface area contributed by atoms with Crippen LogP contribution in [-0.2, 0) is 6.42 Å². The average molecular weight is 254 g/mol. The summed E-state index contributed by atoms with van der Waals surface area (Å²) in [7, 11) is 0. The minimum Gasteiger partial charge on any atom is -0.292 e. The van der Waals surface area contributed by atoms with Gasteiger partial charge in [0.1, 0.15) is 10.9 Å². The summed E-state index contributed by atoms with van der Waals surface area (Å²) < 4.78 is 5.07. The monoisotopic (exact) mass is 254 g/mol. The maximum absolute atomic E-state index is 5.23. The van der Waals surface area contributed by atoms with Crippen molar-refractivity contribution < 1.29 is 0 Å². The van der Waals surface area contributed by atoms with Crippen molar-refractivity contribution in [3.8, 4) is 0 Å². The highest BCUT2D eigenvalue weighted by Gasteiger charge is 2.06. The Morgan fingerprint density at radius 2 is 2.38 bits per heavy atom. The molecule has 2 rings (SSSR count). The summed E-state index contributed by atoms with van der Waals surface area (Å²) in [6, 6.07) is 1.80. The Morgan fingerprint density at radius 3 is 3.06 bits per heavy atom. The highest BCUT2D eigenvalue weighted by atomic mass is 32.2. The Kier molecular flexibility index (Phi) is 3.65. The molecule has 16 heavy (non-hydrogen) atoms. The molecule has 0 saturated carbocycles. The number of aromatic nitrogens is 4. The molecule has 0 unspecified atom stereocenters. The summed E-state index contributed by atoms with van der Waals surface area (Å²) in [4.78, 5) is 12.4. The minimum absolute atomic E-state index is 0.394. The molecule has 0 spiro atoms. The number of nitrogens with one attached hydrogen (secondary N) is 1. The van der Waals surface area contributed by atoms with E-state index in [0.717, 1.165) is 21.6 Å². The molecule has 0 fully saturated rings. The molecule has 0 aliphatic rings. The number of hydrogen-bond donors (Lipinski definition) is 2. The Hall–Kier alpha value is -1.25. The number of hydrazine groups is 1. The van der Waals surface area contributed by atoms with E-state index < -0.39 is 0 Å². The van der Waals surface area contributed by atoms with Gasteiger partial charge in [0.2, 0.25) is 5.95 Å². The van der Waals surface area contributed by atoms with Crippen molar-refractivity contribution in [2.75, 3.05) is 5.43 Å². The molecule has 6 nitrogen and oxygen atoms in total. The van der Waals surface area contributed by atoms with Crippen molar-refractivity contribution in [2.45, 2.75) is 22.7 Å². The van der Waals surface area contributed by atoms with Crippen LogP contribution in [0.3, 0.4) is 0 Å². The first-order valence-corrected chi connectivity index (χ1v) is 6.21. The van der Waals surface area contributed by atoms with Crippen molar-refractivity contribution in [1.82, 2.24) is 19.3 Å². The van der Waals surface area contributed by atoms with Gasteiger partial charge in [-0.25, -0.2) is 20.8 Å². The summed E-state index contributed by atoms with van der Waals surface area (Å²) in [6.07, 6.45) is 2.49.